The number of anilines is 1. The van der Waals surface area contributed by atoms with Gasteiger partial charge in [-0.2, -0.15) is 0 Å². The van der Waals surface area contributed by atoms with Gasteiger partial charge in [-0.05, 0) is 31.0 Å². The number of hydrogen-bond acceptors (Lipinski definition) is 5. The lowest BCUT2D eigenvalue weighted by atomic mass is 10.1. The number of rotatable bonds is 4. The van der Waals surface area contributed by atoms with E-state index in [2.05, 4.69) is 0 Å². The van der Waals surface area contributed by atoms with Crippen LogP contribution in [0.2, 0.25) is 0 Å². The van der Waals surface area contributed by atoms with E-state index in [-0.39, 0.29) is 23.5 Å². The average molecular weight is 300 g/mol. The highest BCUT2D eigenvalue weighted by molar-refractivity contribution is 5.95. The molecule has 0 fully saturated rings. The van der Waals surface area contributed by atoms with Crippen LogP contribution in [-0.4, -0.2) is 10.9 Å². The highest BCUT2D eigenvalue weighted by Gasteiger charge is 2.17. The lowest BCUT2D eigenvalue weighted by Crippen LogP contribution is -2.09. The van der Waals surface area contributed by atoms with Gasteiger partial charge in [0.1, 0.15) is 6.61 Å². The van der Waals surface area contributed by atoms with Crippen LogP contribution in [0.1, 0.15) is 27.0 Å². The van der Waals surface area contributed by atoms with Crippen LogP contribution in [0.15, 0.2) is 36.4 Å². The summed E-state index contributed by atoms with van der Waals surface area (Å²) in [5.41, 5.74) is 8.59. The number of ether oxygens (including phenoxy) is 1. The first-order chi connectivity index (χ1) is 10.4. The third-order valence-corrected chi connectivity index (χ3v) is 3.33. The monoisotopic (exact) mass is 300 g/mol. The molecule has 0 saturated heterocycles. The van der Waals surface area contributed by atoms with Crippen molar-refractivity contribution in [1.29, 1.82) is 0 Å². The molecule has 2 N–H and O–H groups in total. The third-order valence-electron chi connectivity index (χ3n) is 3.33. The molecule has 0 spiro atoms. The van der Waals surface area contributed by atoms with Crippen molar-refractivity contribution in [1.82, 2.24) is 0 Å². The molecule has 0 heterocycles. The van der Waals surface area contributed by atoms with Gasteiger partial charge >= 0.3 is 5.97 Å². The summed E-state index contributed by atoms with van der Waals surface area (Å²) in [6, 6.07) is 9.54. The Morgan fingerprint density at radius 1 is 1.23 bits per heavy atom. The first kappa shape index (κ1) is 15.5. The van der Waals surface area contributed by atoms with Crippen LogP contribution in [0.5, 0.6) is 0 Å². The van der Waals surface area contributed by atoms with E-state index in [4.69, 9.17) is 10.5 Å². The smallest absolute Gasteiger partial charge is 0.340 e. The number of nitrogens with zero attached hydrogens (tertiary/aromatic N) is 1. The van der Waals surface area contributed by atoms with Gasteiger partial charge in [0.15, 0.2) is 0 Å². The maximum atomic E-state index is 12.1. The zero-order valence-electron chi connectivity index (χ0n) is 12.3. The molecule has 0 aliphatic carbocycles. The Bertz CT molecular complexity index is 741. The fourth-order valence-electron chi connectivity index (χ4n) is 2.01. The number of carbonyl (C=O) groups is 1. The van der Waals surface area contributed by atoms with Gasteiger partial charge in [-0.25, -0.2) is 4.79 Å². The number of non-ortho nitro benzene ring substituents is 1. The molecule has 114 valence electrons. The van der Waals surface area contributed by atoms with Crippen molar-refractivity contribution in [2.24, 2.45) is 0 Å². The van der Waals surface area contributed by atoms with Crippen LogP contribution in [-0.2, 0) is 11.3 Å². The second kappa shape index (κ2) is 6.26. The molecule has 0 atom stereocenters. The van der Waals surface area contributed by atoms with E-state index >= 15 is 0 Å². The zero-order valence-corrected chi connectivity index (χ0v) is 12.3. The molecule has 2 aromatic carbocycles. The summed E-state index contributed by atoms with van der Waals surface area (Å²) in [5, 5.41) is 10.8. The van der Waals surface area contributed by atoms with Gasteiger partial charge in [0.2, 0.25) is 0 Å². The Balaban J connectivity index is 2.17. The summed E-state index contributed by atoms with van der Waals surface area (Å²) < 4.78 is 5.22. The highest BCUT2D eigenvalue weighted by Crippen LogP contribution is 2.21. The first-order valence-corrected chi connectivity index (χ1v) is 6.65. The number of benzene rings is 2. The predicted octanol–water partition coefficient (Wildman–Crippen LogP) is 3.15. The van der Waals surface area contributed by atoms with Gasteiger partial charge in [0.05, 0.1) is 10.5 Å². The normalized spacial score (nSPS) is 10.3. The molecule has 0 bridgehead atoms. The second-order valence-electron chi connectivity index (χ2n) is 5.03. The van der Waals surface area contributed by atoms with E-state index < -0.39 is 10.9 Å². The van der Waals surface area contributed by atoms with E-state index in [1.807, 2.05) is 32.0 Å². The summed E-state index contributed by atoms with van der Waals surface area (Å²) in [4.78, 5) is 22.3. The van der Waals surface area contributed by atoms with E-state index in [0.717, 1.165) is 22.8 Å². The predicted molar refractivity (Wildman–Crippen MR) is 82.5 cm³/mol. The summed E-state index contributed by atoms with van der Waals surface area (Å²) in [7, 11) is 0. The van der Waals surface area contributed by atoms with Gasteiger partial charge in [-0.3, -0.25) is 10.1 Å². The van der Waals surface area contributed by atoms with Crippen molar-refractivity contribution in [3.63, 3.8) is 0 Å². The Morgan fingerprint density at radius 3 is 2.64 bits per heavy atom. The number of aryl methyl sites for hydroxylation is 2. The Kier molecular flexibility index (Phi) is 4.41. The number of nitrogens with two attached hydrogens (primary N) is 1. The van der Waals surface area contributed by atoms with Gasteiger partial charge in [0.25, 0.3) is 5.69 Å². The maximum Gasteiger partial charge on any atom is 0.340 e. The van der Waals surface area contributed by atoms with Crippen LogP contribution in [0.25, 0.3) is 0 Å². The van der Waals surface area contributed by atoms with Crippen LogP contribution in [0, 0.1) is 24.0 Å². The molecule has 2 aromatic rings. The number of nitrogen functional groups attached to an aromatic ring is 1. The van der Waals surface area contributed by atoms with Gasteiger partial charge in [-0.1, -0.05) is 23.8 Å². The molecule has 0 radical (unpaired) electrons. The minimum atomic E-state index is -0.679. The molecule has 22 heavy (non-hydrogen) atoms. The molecular formula is C16H16N2O4. The molecular weight excluding hydrogens is 284 g/mol. The number of nitro benzene ring substituents is 1. The second-order valence-corrected chi connectivity index (χ2v) is 5.03. The summed E-state index contributed by atoms with van der Waals surface area (Å²) in [6.45, 7) is 3.96. The Labute approximate surface area is 127 Å². The Morgan fingerprint density at radius 2 is 1.95 bits per heavy atom. The number of esters is 1. The fourth-order valence-corrected chi connectivity index (χ4v) is 2.01. The van der Waals surface area contributed by atoms with Crippen LogP contribution in [0.3, 0.4) is 0 Å². The van der Waals surface area contributed by atoms with Gasteiger partial charge in [0, 0.05) is 17.8 Å². The molecule has 0 unspecified atom stereocenters. The van der Waals surface area contributed by atoms with Crippen LogP contribution >= 0.6 is 0 Å². The van der Waals surface area contributed by atoms with E-state index in [0.29, 0.717) is 0 Å². The third kappa shape index (κ3) is 3.41. The van der Waals surface area contributed by atoms with Crippen molar-refractivity contribution >= 4 is 17.3 Å². The lowest BCUT2D eigenvalue weighted by Gasteiger charge is -2.09. The fraction of sp³-hybridized carbons (Fsp3) is 0.188. The molecule has 6 nitrogen and oxygen atoms in total. The van der Waals surface area contributed by atoms with Crippen molar-refractivity contribution < 1.29 is 14.5 Å². The molecule has 0 aliphatic heterocycles. The van der Waals surface area contributed by atoms with Crippen molar-refractivity contribution in [3.8, 4) is 0 Å². The molecule has 0 saturated carbocycles. The first-order valence-electron chi connectivity index (χ1n) is 6.65. The quantitative estimate of drug-likeness (QED) is 0.405. The number of hydrogen-bond donors (Lipinski definition) is 1. The van der Waals surface area contributed by atoms with E-state index in [1.54, 1.807) is 0 Å². The summed E-state index contributed by atoms with van der Waals surface area (Å²) in [5.74, 6) is -0.679. The van der Waals surface area contributed by atoms with E-state index in [1.165, 1.54) is 12.1 Å². The van der Waals surface area contributed by atoms with Gasteiger partial charge in [-0.15, -0.1) is 0 Å². The van der Waals surface area contributed by atoms with Crippen LogP contribution < -0.4 is 5.73 Å². The molecule has 0 aromatic heterocycles. The average Bonchev–Trinajstić information content (AvgIpc) is 2.48. The summed E-state index contributed by atoms with van der Waals surface area (Å²) in [6.07, 6.45) is 0. The molecule has 0 amide bonds. The molecule has 2 rings (SSSR count). The number of carbonyl (C=O) groups excluding carboxylic acids is 1. The van der Waals surface area contributed by atoms with E-state index in [9.17, 15) is 14.9 Å². The minimum absolute atomic E-state index is 0.000457. The van der Waals surface area contributed by atoms with Crippen molar-refractivity contribution in [2.75, 3.05) is 5.73 Å². The van der Waals surface area contributed by atoms with Crippen molar-refractivity contribution in [3.05, 3.63) is 68.8 Å². The minimum Gasteiger partial charge on any atom is -0.457 e. The standard InChI is InChI=1S/C16H16N2O4/c1-10-3-4-11(2)12(7-10)9-22-16(19)14-8-13(18(20)21)5-6-15(14)17/h3-8H,9,17H2,1-2H3. The topological polar surface area (TPSA) is 95.5 Å². The largest absolute Gasteiger partial charge is 0.457 e. The van der Waals surface area contributed by atoms with Gasteiger partial charge < -0.3 is 10.5 Å². The maximum absolute atomic E-state index is 12.1. The van der Waals surface area contributed by atoms with Crippen molar-refractivity contribution in [2.45, 2.75) is 20.5 Å². The molecule has 6 heteroatoms. The van der Waals surface area contributed by atoms with Crippen LogP contribution in [0.4, 0.5) is 11.4 Å². The Hall–Kier alpha value is -2.89. The molecule has 0 aliphatic rings. The summed E-state index contributed by atoms with van der Waals surface area (Å²) >= 11 is 0. The number of nitro groups is 1. The lowest BCUT2D eigenvalue weighted by molar-refractivity contribution is -0.384. The SMILES string of the molecule is Cc1ccc(C)c(COC(=O)c2cc([N+](=O)[O-])ccc2N)c1. The zero-order chi connectivity index (χ0) is 16.3. The highest BCUT2D eigenvalue weighted by atomic mass is 16.6.